The van der Waals surface area contributed by atoms with Crippen molar-refractivity contribution in [1.29, 1.82) is 0 Å². The lowest BCUT2D eigenvalue weighted by Gasteiger charge is -2.09. The number of alkyl halides is 3. The SMILES string of the molecule is Cn1c(/C(F)=C(\F)C(F)(F)F)cc(=O)n(C)c1=O. The van der Waals surface area contributed by atoms with E-state index in [1.807, 2.05) is 0 Å². The Morgan fingerprint density at radius 3 is 2.06 bits per heavy atom. The molecule has 0 aliphatic carbocycles. The van der Waals surface area contributed by atoms with E-state index in [1.54, 1.807) is 0 Å². The van der Waals surface area contributed by atoms with Gasteiger partial charge in [-0.05, 0) is 0 Å². The van der Waals surface area contributed by atoms with Crippen molar-refractivity contribution in [3.8, 4) is 0 Å². The Morgan fingerprint density at radius 1 is 1.11 bits per heavy atom. The quantitative estimate of drug-likeness (QED) is 0.721. The second-order valence-corrected chi connectivity index (χ2v) is 3.39. The Morgan fingerprint density at radius 2 is 1.61 bits per heavy atom. The van der Waals surface area contributed by atoms with Crippen LogP contribution >= 0.6 is 0 Å². The summed E-state index contributed by atoms with van der Waals surface area (Å²) in [6, 6.07) is 0.405. The average Bonchev–Trinajstić information content (AvgIpc) is 2.28. The standard InChI is InChI=1S/C9H7F5N2O2/c1-15-4(3-5(17)16(2)8(15)18)6(10)7(11)9(12,13)14/h3H,1-2H3/b7-6+. The zero-order chi connectivity index (χ0) is 14.2. The van der Waals surface area contributed by atoms with Crippen LogP contribution in [0.4, 0.5) is 22.0 Å². The molecule has 0 fully saturated rings. The molecule has 1 heterocycles. The summed E-state index contributed by atoms with van der Waals surface area (Å²) in [5, 5.41) is 0. The van der Waals surface area contributed by atoms with E-state index < -0.39 is 34.8 Å². The third-order valence-electron chi connectivity index (χ3n) is 2.19. The van der Waals surface area contributed by atoms with E-state index in [-0.39, 0.29) is 0 Å². The van der Waals surface area contributed by atoms with Crippen LogP contribution in [0.3, 0.4) is 0 Å². The molecular weight excluding hydrogens is 263 g/mol. The molecule has 0 aliphatic rings. The number of rotatable bonds is 1. The second-order valence-electron chi connectivity index (χ2n) is 3.39. The maximum Gasteiger partial charge on any atom is 0.446 e. The minimum Gasteiger partial charge on any atom is -0.294 e. The zero-order valence-corrected chi connectivity index (χ0v) is 9.18. The van der Waals surface area contributed by atoms with Crippen LogP contribution in [0.25, 0.3) is 5.83 Å². The topological polar surface area (TPSA) is 44.0 Å². The van der Waals surface area contributed by atoms with E-state index in [1.165, 1.54) is 0 Å². The molecule has 0 saturated heterocycles. The number of hydrogen-bond acceptors (Lipinski definition) is 2. The first-order valence-corrected chi connectivity index (χ1v) is 4.47. The molecule has 18 heavy (non-hydrogen) atoms. The van der Waals surface area contributed by atoms with E-state index in [0.29, 0.717) is 15.2 Å². The van der Waals surface area contributed by atoms with Crippen LogP contribution in [0.15, 0.2) is 21.5 Å². The van der Waals surface area contributed by atoms with Crippen molar-refractivity contribution in [2.24, 2.45) is 14.1 Å². The molecule has 0 radical (unpaired) electrons. The van der Waals surface area contributed by atoms with E-state index >= 15 is 0 Å². The van der Waals surface area contributed by atoms with E-state index in [0.717, 1.165) is 14.1 Å². The minimum atomic E-state index is -5.53. The first-order chi connectivity index (χ1) is 8.07. The fourth-order valence-electron chi connectivity index (χ4n) is 1.18. The molecule has 0 atom stereocenters. The Balaban J connectivity index is 3.65. The Kier molecular flexibility index (Phi) is 3.45. The highest BCUT2D eigenvalue weighted by atomic mass is 19.4. The summed E-state index contributed by atoms with van der Waals surface area (Å²) < 4.78 is 62.8. The number of nitrogens with zero attached hydrogens (tertiary/aromatic N) is 2. The van der Waals surface area contributed by atoms with Gasteiger partial charge in [-0.1, -0.05) is 0 Å². The molecular formula is C9H7F5N2O2. The molecule has 4 nitrogen and oxygen atoms in total. The van der Waals surface area contributed by atoms with Gasteiger partial charge in [-0.15, -0.1) is 0 Å². The smallest absolute Gasteiger partial charge is 0.294 e. The molecule has 0 spiro atoms. The normalized spacial score (nSPS) is 13.5. The number of hydrogen-bond donors (Lipinski definition) is 0. The monoisotopic (exact) mass is 270 g/mol. The molecule has 0 bridgehead atoms. The molecule has 1 rings (SSSR count). The van der Waals surface area contributed by atoms with Crippen molar-refractivity contribution >= 4 is 5.83 Å². The highest BCUT2D eigenvalue weighted by molar-refractivity contribution is 5.58. The molecule has 0 amide bonds. The lowest BCUT2D eigenvalue weighted by molar-refractivity contribution is -0.108. The Hall–Kier alpha value is -1.93. The molecule has 100 valence electrons. The molecule has 0 saturated carbocycles. The number of aromatic nitrogens is 2. The maximum atomic E-state index is 13.3. The van der Waals surface area contributed by atoms with Gasteiger partial charge in [0.1, 0.15) is 0 Å². The van der Waals surface area contributed by atoms with Crippen molar-refractivity contribution in [2.75, 3.05) is 0 Å². The van der Waals surface area contributed by atoms with Gasteiger partial charge in [-0.2, -0.15) is 17.6 Å². The van der Waals surface area contributed by atoms with Gasteiger partial charge in [0.05, 0.1) is 5.69 Å². The molecule has 0 N–H and O–H groups in total. The summed E-state index contributed by atoms with van der Waals surface area (Å²) in [6.45, 7) is 0. The van der Waals surface area contributed by atoms with Gasteiger partial charge in [-0.3, -0.25) is 13.9 Å². The molecule has 0 unspecified atom stereocenters. The summed E-state index contributed by atoms with van der Waals surface area (Å²) in [5.74, 6) is -5.30. The molecule has 9 heteroatoms. The van der Waals surface area contributed by atoms with Gasteiger partial charge in [-0.25, -0.2) is 9.18 Å². The van der Waals surface area contributed by atoms with Crippen LogP contribution in [0.2, 0.25) is 0 Å². The third kappa shape index (κ3) is 2.34. The predicted octanol–water partition coefficient (Wildman–Crippen LogP) is 1.25. The molecule has 1 aromatic rings. The van der Waals surface area contributed by atoms with Crippen LogP contribution in [0.5, 0.6) is 0 Å². The molecule has 1 aromatic heterocycles. The second kappa shape index (κ2) is 4.39. The van der Waals surface area contributed by atoms with Crippen LogP contribution in [-0.2, 0) is 14.1 Å². The molecule has 0 aromatic carbocycles. The van der Waals surface area contributed by atoms with E-state index in [4.69, 9.17) is 0 Å². The highest BCUT2D eigenvalue weighted by Gasteiger charge is 2.39. The fourth-order valence-corrected chi connectivity index (χ4v) is 1.18. The van der Waals surface area contributed by atoms with Gasteiger partial charge in [0.25, 0.3) is 5.56 Å². The van der Waals surface area contributed by atoms with Gasteiger partial charge >= 0.3 is 11.9 Å². The van der Waals surface area contributed by atoms with Crippen molar-refractivity contribution in [3.63, 3.8) is 0 Å². The predicted molar refractivity (Wildman–Crippen MR) is 52.1 cm³/mol. The van der Waals surface area contributed by atoms with E-state index in [9.17, 15) is 31.5 Å². The van der Waals surface area contributed by atoms with Crippen LogP contribution < -0.4 is 11.2 Å². The van der Waals surface area contributed by atoms with Crippen molar-refractivity contribution in [3.05, 3.63) is 38.4 Å². The Labute approximate surface area is 96.6 Å². The van der Waals surface area contributed by atoms with Crippen molar-refractivity contribution in [1.82, 2.24) is 9.13 Å². The van der Waals surface area contributed by atoms with Gasteiger partial charge in [0.15, 0.2) is 5.83 Å². The van der Waals surface area contributed by atoms with Gasteiger partial charge in [0, 0.05) is 20.2 Å². The van der Waals surface area contributed by atoms with Gasteiger partial charge < -0.3 is 0 Å². The minimum absolute atomic E-state index is 0.405. The maximum absolute atomic E-state index is 13.3. The van der Waals surface area contributed by atoms with Crippen LogP contribution in [0.1, 0.15) is 5.69 Å². The summed E-state index contributed by atoms with van der Waals surface area (Å²) in [4.78, 5) is 22.5. The van der Waals surface area contributed by atoms with Crippen molar-refractivity contribution in [2.45, 2.75) is 6.18 Å². The zero-order valence-electron chi connectivity index (χ0n) is 9.18. The third-order valence-corrected chi connectivity index (χ3v) is 2.19. The Bertz CT molecular complexity index is 623. The van der Waals surface area contributed by atoms with Crippen molar-refractivity contribution < 1.29 is 22.0 Å². The fraction of sp³-hybridized carbons (Fsp3) is 0.333. The lowest BCUT2D eigenvalue weighted by Crippen LogP contribution is -2.37. The van der Waals surface area contributed by atoms with Crippen LogP contribution in [0, 0.1) is 0 Å². The van der Waals surface area contributed by atoms with Gasteiger partial charge in [0.2, 0.25) is 5.83 Å². The summed E-state index contributed by atoms with van der Waals surface area (Å²) in [7, 11) is 1.97. The first kappa shape index (κ1) is 14.1. The summed E-state index contributed by atoms with van der Waals surface area (Å²) >= 11 is 0. The summed E-state index contributed by atoms with van der Waals surface area (Å²) in [6.07, 6.45) is -5.53. The summed E-state index contributed by atoms with van der Waals surface area (Å²) in [5.41, 5.74) is -3.18. The first-order valence-electron chi connectivity index (χ1n) is 4.47. The average molecular weight is 270 g/mol. The van der Waals surface area contributed by atoms with E-state index in [2.05, 4.69) is 0 Å². The number of allylic oxidation sites excluding steroid dienone is 1. The highest BCUT2D eigenvalue weighted by Crippen LogP contribution is 2.33. The molecule has 0 aliphatic heterocycles. The number of halogens is 5. The lowest BCUT2D eigenvalue weighted by atomic mass is 10.3. The largest absolute Gasteiger partial charge is 0.446 e. The van der Waals surface area contributed by atoms with Crippen LogP contribution in [-0.4, -0.2) is 15.3 Å².